The Morgan fingerprint density at radius 2 is 1.26 bits per heavy atom. The average Bonchev–Trinajstić information content (AvgIpc) is 4.12. The number of aromatic nitrogens is 4. The Balaban J connectivity index is 0.000000144. The van der Waals surface area contributed by atoms with Crippen LogP contribution < -0.4 is 20.4 Å². The molecule has 2 saturated heterocycles. The topological polar surface area (TPSA) is 175 Å². The van der Waals surface area contributed by atoms with Crippen molar-refractivity contribution in [3.8, 4) is 10.6 Å². The quantitative estimate of drug-likeness (QED) is 0.183. The van der Waals surface area contributed by atoms with Crippen molar-refractivity contribution >= 4 is 79.8 Å². The number of fused-ring (bicyclic) bond motifs is 2. The molecule has 19 heteroatoms. The van der Waals surface area contributed by atoms with Crippen molar-refractivity contribution in [2.75, 3.05) is 73.0 Å². The molecule has 4 aromatic rings. The van der Waals surface area contributed by atoms with Crippen molar-refractivity contribution in [1.82, 2.24) is 29.7 Å². The minimum Gasteiger partial charge on any atom is -0.378 e. The van der Waals surface area contributed by atoms with Crippen molar-refractivity contribution in [2.45, 2.75) is 78.6 Å². The van der Waals surface area contributed by atoms with Gasteiger partial charge in [0.25, 0.3) is 11.8 Å². The summed E-state index contributed by atoms with van der Waals surface area (Å²) in [5, 5.41) is 8.76. The van der Waals surface area contributed by atoms with Crippen LogP contribution in [0.2, 0.25) is 5.15 Å². The number of amides is 4. The van der Waals surface area contributed by atoms with E-state index in [-0.39, 0.29) is 29.7 Å². The van der Waals surface area contributed by atoms with Gasteiger partial charge in [-0.25, -0.2) is 19.9 Å². The number of pyridine rings is 2. The maximum atomic E-state index is 13.4. The van der Waals surface area contributed by atoms with Gasteiger partial charge in [-0.3, -0.25) is 19.2 Å². The normalized spacial score (nSPS) is 19.3. The largest absolute Gasteiger partial charge is 0.378 e. The van der Waals surface area contributed by atoms with Gasteiger partial charge in [0.1, 0.15) is 16.8 Å². The third-order valence-corrected chi connectivity index (χ3v) is 13.6. The first-order valence-corrected chi connectivity index (χ1v) is 22.9. The maximum Gasteiger partial charge on any atom is 0.258 e. The number of hydrogen-bond donors (Lipinski definition) is 2. The van der Waals surface area contributed by atoms with E-state index in [1.807, 2.05) is 27.3 Å². The summed E-state index contributed by atoms with van der Waals surface area (Å²) in [5.41, 5.74) is 4.31. The van der Waals surface area contributed by atoms with E-state index in [0.717, 1.165) is 57.6 Å². The van der Waals surface area contributed by atoms with Gasteiger partial charge in [-0.05, 0) is 74.6 Å². The lowest BCUT2D eigenvalue weighted by atomic mass is 10.1. The molecule has 2 atom stereocenters. The highest BCUT2D eigenvalue weighted by molar-refractivity contribution is 7.19. The molecule has 4 aromatic heterocycles. The van der Waals surface area contributed by atoms with Crippen LogP contribution in [0.25, 0.3) is 10.6 Å². The van der Waals surface area contributed by atoms with Gasteiger partial charge >= 0.3 is 0 Å². The molecule has 61 heavy (non-hydrogen) atoms. The fourth-order valence-corrected chi connectivity index (χ4v) is 9.75. The molecule has 10 rings (SSSR count). The highest BCUT2D eigenvalue weighted by Gasteiger charge is 2.42. The molecule has 0 aromatic carbocycles. The van der Waals surface area contributed by atoms with Crippen LogP contribution in [0.5, 0.6) is 0 Å². The summed E-state index contributed by atoms with van der Waals surface area (Å²) < 4.78 is 10.9. The number of halogens is 1. The number of rotatable bonds is 9. The van der Waals surface area contributed by atoms with Crippen LogP contribution in [0.3, 0.4) is 0 Å². The lowest BCUT2D eigenvalue weighted by Gasteiger charge is -2.29. The summed E-state index contributed by atoms with van der Waals surface area (Å²) in [4.78, 5) is 74.7. The Kier molecular flexibility index (Phi) is 13.2. The van der Waals surface area contributed by atoms with Gasteiger partial charge in [0, 0.05) is 83.0 Å². The minimum absolute atomic E-state index is 0.0787. The molecule has 0 unspecified atom stereocenters. The SMILES string of the molecule is CC(=O)Nc1ncc(-c2cc3c(c(N4CCOCC4)n2)C(=O)N([C@@H](C)C2CC2)C3)s1.CC(=O)Nc1nccs1.C[C@@H](C1CC1)N1Cc2cc(Cl)nc(N3CCOCC3)c2C1=O. The Labute approximate surface area is 368 Å². The lowest BCUT2D eigenvalue weighted by Crippen LogP contribution is -2.39. The first-order valence-electron chi connectivity index (χ1n) is 20.9. The number of anilines is 4. The van der Waals surface area contributed by atoms with Crippen LogP contribution in [0.1, 0.15) is 85.2 Å². The zero-order valence-corrected chi connectivity index (χ0v) is 37.2. The second-order valence-electron chi connectivity index (χ2n) is 16.1. The Hall–Kier alpha value is -4.75. The van der Waals surface area contributed by atoms with E-state index in [1.165, 1.54) is 62.2 Å². The summed E-state index contributed by atoms with van der Waals surface area (Å²) in [6.07, 6.45) is 8.25. The molecule has 16 nitrogen and oxygen atoms in total. The van der Waals surface area contributed by atoms with Crippen molar-refractivity contribution < 1.29 is 28.7 Å². The number of ether oxygens (including phenoxy) is 2. The predicted molar refractivity (Wildman–Crippen MR) is 235 cm³/mol. The number of carbonyl (C=O) groups is 4. The molecule has 2 aliphatic carbocycles. The number of nitrogens with zero attached hydrogens (tertiary/aromatic N) is 8. The molecule has 0 radical (unpaired) electrons. The Morgan fingerprint density at radius 1 is 0.754 bits per heavy atom. The molecule has 0 spiro atoms. The standard InChI is InChI=1S/C21H25N5O3S.C16H20ClN3O2.C5H6N2OS/c1-12(14-3-4-14)26-11-15-9-16(17-10-22-21(30-17)23-13(2)27)24-19(18(15)20(26)28)25-5-7-29-8-6-25;1-10(11-2-3-11)20-9-12-8-13(17)18-15(14(12)16(20)21)19-4-6-22-7-5-19;1-4(8)7-5-6-2-3-9-5/h9-10,12,14H,3-8,11H2,1-2H3,(H,22,23,27);8,10-11H,2-7,9H2,1H3;2-3H,1H3,(H,6,7,8)/t12-;10-;/m00./s1. The molecule has 2 N–H and O–H groups in total. The predicted octanol–water partition coefficient (Wildman–Crippen LogP) is 6.18. The van der Waals surface area contributed by atoms with Gasteiger partial charge in [0.15, 0.2) is 10.3 Å². The van der Waals surface area contributed by atoms with E-state index in [9.17, 15) is 19.2 Å². The molecule has 4 fully saturated rings. The Morgan fingerprint density at radius 3 is 1.75 bits per heavy atom. The molecular weight excluding hydrogens is 840 g/mol. The second kappa shape index (κ2) is 18.7. The molecule has 8 heterocycles. The fourth-order valence-electron chi connectivity index (χ4n) is 8.14. The third-order valence-electron chi connectivity index (χ3n) is 11.7. The maximum absolute atomic E-state index is 13.4. The van der Waals surface area contributed by atoms with Crippen LogP contribution in [-0.2, 0) is 32.2 Å². The zero-order chi connectivity index (χ0) is 42.8. The van der Waals surface area contributed by atoms with Crippen molar-refractivity contribution in [3.63, 3.8) is 0 Å². The minimum atomic E-state index is -0.151. The molecule has 324 valence electrons. The van der Waals surface area contributed by atoms with Gasteiger partial charge < -0.3 is 39.7 Å². The van der Waals surface area contributed by atoms with Crippen molar-refractivity contribution in [3.05, 3.63) is 57.3 Å². The average molecular weight is 892 g/mol. The molecule has 2 saturated carbocycles. The highest BCUT2D eigenvalue weighted by Crippen LogP contribution is 2.43. The highest BCUT2D eigenvalue weighted by atomic mass is 35.5. The van der Waals surface area contributed by atoms with E-state index in [1.54, 1.807) is 12.4 Å². The van der Waals surface area contributed by atoms with Crippen LogP contribution >= 0.6 is 34.3 Å². The molecular formula is C42H51ClN10O6S2. The Bertz CT molecular complexity index is 2260. The summed E-state index contributed by atoms with van der Waals surface area (Å²) >= 11 is 9.00. The molecule has 6 aliphatic rings. The fraction of sp³-hybridized carbons (Fsp3) is 0.524. The van der Waals surface area contributed by atoms with Gasteiger partial charge in [-0.1, -0.05) is 22.9 Å². The third kappa shape index (κ3) is 9.99. The van der Waals surface area contributed by atoms with Crippen LogP contribution in [0.15, 0.2) is 29.9 Å². The first-order chi connectivity index (χ1) is 29.4. The van der Waals surface area contributed by atoms with Gasteiger partial charge in [-0.15, -0.1) is 11.3 Å². The lowest BCUT2D eigenvalue weighted by molar-refractivity contribution is -0.115. The smallest absolute Gasteiger partial charge is 0.258 e. The van der Waals surface area contributed by atoms with Crippen LogP contribution in [-0.4, -0.2) is 118 Å². The summed E-state index contributed by atoms with van der Waals surface area (Å²) in [6.45, 7) is 14.1. The van der Waals surface area contributed by atoms with E-state index in [4.69, 9.17) is 26.1 Å². The zero-order valence-electron chi connectivity index (χ0n) is 34.8. The van der Waals surface area contributed by atoms with E-state index < -0.39 is 0 Å². The van der Waals surface area contributed by atoms with E-state index >= 15 is 0 Å². The number of hydrogen-bond acceptors (Lipinski definition) is 14. The van der Waals surface area contributed by atoms with Gasteiger partial charge in [-0.2, -0.15) is 0 Å². The number of thiazole rings is 2. The summed E-state index contributed by atoms with van der Waals surface area (Å²) in [6, 6.07) is 4.41. The molecule has 4 aliphatic heterocycles. The van der Waals surface area contributed by atoms with E-state index in [2.05, 4.69) is 49.2 Å². The molecule has 0 bridgehead atoms. The summed E-state index contributed by atoms with van der Waals surface area (Å²) in [5.74, 6) is 2.73. The van der Waals surface area contributed by atoms with Crippen LogP contribution in [0, 0.1) is 11.8 Å². The number of morpholine rings is 2. The molecule has 4 amide bonds. The van der Waals surface area contributed by atoms with E-state index in [0.29, 0.717) is 85.9 Å². The second-order valence-corrected chi connectivity index (χ2v) is 18.4. The monoisotopic (exact) mass is 890 g/mol. The van der Waals surface area contributed by atoms with Crippen LogP contribution in [0.4, 0.5) is 21.9 Å². The number of nitrogens with one attached hydrogen (secondary N) is 2. The van der Waals surface area contributed by atoms with Gasteiger partial charge in [0.2, 0.25) is 11.8 Å². The van der Waals surface area contributed by atoms with Gasteiger partial charge in [0.05, 0.1) is 48.1 Å². The number of carbonyl (C=O) groups excluding carboxylic acids is 4. The first kappa shape index (κ1) is 42.9. The summed E-state index contributed by atoms with van der Waals surface area (Å²) in [7, 11) is 0. The van der Waals surface area contributed by atoms with Crippen molar-refractivity contribution in [1.29, 1.82) is 0 Å². The van der Waals surface area contributed by atoms with Crippen molar-refractivity contribution in [2.24, 2.45) is 11.8 Å².